The number of ether oxygens (including phenoxy) is 1. The van der Waals surface area contributed by atoms with Crippen molar-refractivity contribution in [3.05, 3.63) is 75.3 Å². The van der Waals surface area contributed by atoms with Crippen molar-refractivity contribution in [2.45, 2.75) is 44.1 Å². The van der Waals surface area contributed by atoms with Crippen LogP contribution in [0.5, 0.6) is 0 Å². The SMILES string of the molecule is C[C@H]1[C@@H](c2cc(C(F)(F)F)cc(C(F)(F)F)c2)OC(=O)N1Cc1cc(C(F)(F)F)ccc1-c1nc(C=O)cs1. The molecule has 15 heteroatoms. The average molecular weight is 582 g/mol. The van der Waals surface area contributed by atoms with E-state index in [1.54, 1.807) is 0 Å². The first-order valence-electron chi connectivity index (χ1n) is 10.9. The van der Waals surface area contributed by atoms with E-state index in [4.69, 9.17) is 4.74 Å². The maximum absolute atomic E-state index is 13.4. The Labute approximate surface area is 217 Å². The number of cyclic esters (lactones) is 1. The van der Waals surface area contributed by atoms with Gasteiger partial charge in [0.2, 0.25) is 0 Å². The van der Waals surface area contributed by atoms with Gasteiger partial charge in [-0.2, -0.15) is 39.5 Å². The number of aromatic nitrogens is 1. The Morgan fingerprint density at radius 2 is 1.51 bits per heavy atom. The van der Waals surface area contributed by atoms with Gasteiger partial charge in [0.1, 0.15) is 16.8 Å². The molecule has 1 aliphatic rings. The van der Waals surface area contributed by atoms with Crippen molar-refractivity contribution in [1.29, 1.82) is 0 Å². The molecular weight excluding hydrogens is 567 g/mol. The number of benzene rings is 2. The Balaban J connectivity index is 1.73. The number of carbonyl (C=O) groups is 2. The van der Waals surface area contributed by atoms with Gasteiger partial charge in [0.25, 0.3) is 0 Å². The lowest BCUT2D eigenvalue weighted by molar-refractivity contribution is -0.143. The summed E-state index contributed by atoms with van der Waals surface area (Å²) in [5.74, 6) is 0. The molecule has 0 bridgehead atoms. The van der Waals surface area contributed by atoms with E-state index < -0.39 is 65.6 Å². The van der Waals surface area contributed by atoms with E-state index in [9.17, 15) is 49.1 Å². The highest BCUT2D eigenvalue weighted by Gasteiger charge is 2.43. The molecular formula is C24H15F9N2O3S. The molecule has 1 saturated heterocycles. The fourth-order valence-corrected chi connectivity index (χ4v) is 4.88. The molecule has 39 heavy (non-hydrogen) atoms. The molecule has 5 nitrogen and oxygen atoms in total. The molecule has 0 aliphatic carbocycles. The third-order valence-corrected chi connectivity index (χ3v) is 6.87. The van der Waals surface area contributed by atoms with Gasteiger partial charge in [0.05, 0.1) is 29.3 Å². The summed E-state index contributed by atoms with van der Waals surface area (Å²) in [7, 11) is 0. The van der Waals surface area contributed by atoms with Crippen molar-refractivity contribution in [2.24, 2.45) is 0 Å². The summed E-state index contributed by atoms with van der Waals surface area (Å²) < 4.78 is 125. The molecule has 2 heterocycles. The maximum Gasteiger partial charge on any atom is 0.416 e. The first kappa shape index (κ1) is 28.4. The zero-order chi connectivity index (χ0) is 28.9. The van der Waals surface area contributed by atoms with Crippen molar-refractivity contribution < 1.29 is 53.8 Å². The zero-order valence-electron chi connectivity index (χ0n) is 19.4. The molecule has 1 aromatic heterocycles. The Hall–Kier alpha value is -3.62. The summed E-state index contributed by atoms with van der Waals surface area (Å²) in [4.78, 5) is 28.6. The van der Waals surface area contributed by atoms with Crippen LogP contribution in [0, 0.1) is 0 Å². The molecule has 208 valence electrons. The number of aldehydes is 1. The van der Waals surface area contributed by atoms with Crippen LogP contribution in [0.1, 0.15) is 51.3 Å². The van der Waals surface area contributed by atoms with Gasteiger partial charge in [-0.05, 0) is 48.4 Å². The van der Waals surface area contributed by atoms with Gasteiger partial charge < -0.3 is 4.74 Å². The van der Waals surface area contributed by atoms with E-state index in [1.807, 2.05) is 0 Å². The van der Waals surface area contributed by atoms with Crippen molar-refractivity contribution in [3.8, 4) is 10.6 Å². The van der Waals surface area contributed by atoms with Crippen molar-refractivity contribution in [3.63, 3.8) is 0 Å². The number of carbonyl (C=O) groups excluding carboxylic acids is 2. The van der Waals surface area contributed by atoms with E-state index in [0.29, 0.717) is 18.4 Å². The lowest BCUT2D eigenvalue weighted by atomic mass is 9.97. The Kier molecular flexibility index (Phi) is 7.17. The summed E-state index contributed by atoms with van der Waals surface area (Å²) in [5.41, 5.74) is -4.80. The molecule has 0 saturated carbocycles. The highest BCUT2D eigenvalue weighted by Crippen LogP contribution is 2.42. The van der Waals surface area contributed by atoms with Gasteiger partial charge in [-0.1, -0.05) is 6.07 Å². The maximum atomic E-state index is 13.4. The second-order valence-electron chi connectivity index (χ2n) is 8.58. The number of thiazole rings is 1. The number of hydrogen-bond donors (Lipinski definition) is 0. The van der Waals surface area contributed by atoms with Gasteiger partial charge in [0.15, 0.2) is 6.29 Å². The van der Waals surface area contributed by atoms with Crippen LogP contribution in [0.4, 0.5) is 44.3 Å². The smallest absolute Gasteiger partial charge is 0.416 e. The van der Waals surface area contributed by atoms with Crippen LogP contribution < -0.4 is 0 Å². The number of alkyl halides is 9. The second kappa shape index (κ2) is 9.84. The van der Waals surface area contributed by atoms with Crippen molar-refractivity contribution >= 4 is 23.7 Å². The minimum atomic E-state index is -5.14. The first-order valence-corrected chi connectivity index (χ1v) is 11.7. The predicted octanol–water partition coefficient (Wildman–Crippen LogP) is 7.76. The fraction of sp³-hybridized carbons (Fsp3) is 0.292. The normalized spacial score (nSPS) is 18.4. The summed E-state index contributed by atoms with van der Waals surface area (Å²) in [6.45, 7) is 0.737. The van der Waals surface area contributed by atoms with Crippen molar-refractivity contribution in [1.82, 2.24) is 9.88 Å². The Bertz CT molecular complexity index is 1380. The number of halogens is 9. The molecule has 1 fully saturated rings. The number of rotatable bonds is 5. The highest BCUT2D eigenvalue weighted by molar-refractivity contribution is 7.13. The van der Waals surface area contributed by atoms with Crippen LogP contribution in [-0.2, 0) is 29.8 Å². The van der Waals surface area contributed by atoms with Gasteiger partial charge in [-0.3, -0.25) is 9.69 Å². The highest BCUT2D eigenvalue weighted by atomic mass is 32.1. The van der Waals surface area contributed by atoms with E-state index in [0.717, 1.165) is 34.4 Å². The average Bonchev–Trinajstić information content (AvgIpc) is 3.42. The Morgan fingerprint density at radius 3 is 2.03 bits per heavy atom. The molecule has 3 aromatic rings. The molecule has 2 atom stereocenters. The second-order valence-corrected chi connectivity index (χ2v) is 9.44. The summed E-state index contributed by atoms with van der Waals surface area (Å²) in [6.07, 6.45) is -17.4. The zero-order valence-corrected chi connectivity index (χ0v) is 20.2. The van der Waals surface area contributed by atoms with Gasteiger partial charge in [0, 0.05) is 10.9 Å². The van der Waals surface area contributed by atoms with Crippen LogP contribution in [0.15, 0.2) is 41.8 Å². The lowest BCUT2D eigenvalue weighted by Crippen LogP contribution is -2.32. The minimum Gasteiger partial charge on any atom is -0.439 e. The predicted molar refractivity (Wildman–Crippen MR) is 119 cm³/mol. The van der Waals surface area contributed by atoms with Crippen LogP contribution in [0.25, 0.3) is 10.6 Å². The van der Waals surface area contributed by atoms with Crippen LogP contribution >= 0.6 is 11.3 Å². The Morgan fingerprint density at radius 1 is 0.923 bits per heavy atom. The number of amides is 1. The quantitative estimate of drug-likeness (QED) is 0.228. The van der Waals surface area contributed by atoms with E-state index in [1.165, 1.54) is 12.3 Å². The molecule has 4 rings (SSSR count). The first-order chi connectivity index (χ1) is 18.0. The van der Waals surface area contributed by atoms with Gasteiger partial charge in [-0.25, -0.2) is 9.78 Å². The molecule has 0 N–H and O–H groups in total. The van der Waals surface area contributed by atoms with Gasteiger partial charge >= 0.3 is 24.6 Å². The topological polar surface area (TPSA) is 59.5 Å². The largest absolute Gasteiger partial charge is 0.439 e. The van der Waals surface area contributed by atoms with E-state index >= 15 is 0 Å². The minimum absolute atomic E-state index is 0.0138. The molecule has 2 aromatic carbocycles. The molecule has 0 spiro atoms. The summed E-state index contributed by atoms with van der Waals surface area (Å²) >= 11 is 0.948. The monoisotopic (exact) mass is 582 g/mol. The van der Waals surface area contributed by atoms with E-state index in [-0.39, 0.29) is 27.9 Å². The van der Waals surface area contributed by atoms with Crippen LogP contribution in [-0.4, -0.2) is 28.3 Å². The summed E-state index contributed by atoms with van der Waals surface area (Å²) in [6, 6.07) is 2.23. The van der Waals surface area contributed by atoms with Gasteiger partial charge in [-0.15, -0.1) is 11.3 Å². The molecule has 1 amide bonds. The molecule has 0 radical (unpaired) electrons. The third kappa shape index (κ3) is 5.87. The summed E-state index contributed by atoms with van der Waals surface area (Å²) in [5, 5.41) is 1.52. The van der Waals surface area contributed by atoms with E-state index in [2.05, 4.69) is 4.98 Å². The standard InChI is InChI=1S/C24H15F9N2O3S/c1-11-19(12-4-15(23(28,29)30)7-16(5-12)24(31,32)33)38-21(37)35(11)8-13-6-14(22(25,26)27)2-3-18(13)20-34-17(9-36)10-39-20/h2-7,9-11,19H,8H2,1H3/t11-,19-/m0/s1. The number of nitrogens with zero attached hydrogens (tertiary/aromatic N) is 2. The van der Waals surface area contributed by atoms with Crippen LogP contribution in [0.3, 0.4) is 0 Å². The van der Waals surface area contributed by atoms with Crippen molar-refractivity contribution in [2.75, 3.05) is 0 Å². The third-order valence-electron chi connectivity index (χ3n) is 5.98. The fourth-order valence-electron chi connectivity index (χ4n) is 4.06. The lowest BCUT2D eigenvalue weighted by Gasteiger charge is -2.23. The number of hydrogen-bond acceptors (Lipinski definition) is 5. The molecule has 0 unspecified atom stereocenters. The van der Waals surface area contributed by atoms with Crippen LogP contribution in [0.2, 0.25) is 0 Å². The molecule has 1 aliphatic heterocycles.